The van der Waals surface area contributed by atoms with E-state index in [1.807, 2.05) is 23.9 Å². The molecule has 0 bridgehead atoms. The number of anilines is 2. The third-order valence-corrected chi connectivity index (χ3v) is 2.03. The molecule has 0 radical (unpaired) electrons. The summed E-state index contributed by atoms with van der Waals surface area (Å²) < 4.78 is 0. The summed E-state index contributed by atoms with van der Waals surface area (Å²) in [6, 6.07) is 3.75. The van der Waals surface area contributed by atoms with Crippen LogP contribution in [0.3, 0.4) is 0 Å². The van der Waals surface area contributed by atoms with E-state index in [4.69, 9.17) is 5.73 Å². The number of nitrogens with zero attached hydrogens (tertiary/aromatic N) is 1. The number of nitrogens with two attached hydrogens (primary N) is 1. The molecule has 0 unspecified atom stereocenters. The number of nitrogen functional groups attached to an aromatic ring is 1. The molecular weight excluding hydrogens is 170 g/mol. The molecule has 1 aromatic heterocycles. The van der Waals surface area contributed by atoms with E-state index in [0.717, 1.165) is 18.0 Å². The Balaban J connectivity index is 2.41. The van der Waals surface area contributed by atoms with E-state index in [-0.39, 0.29) is 0 Å². The Morgan fingerprint density at radius 2 is 2.50 bits per heavy atom. The maximum absolute atomic E-state index is 5.51. The Morgan fingerprint density at radius 3 is 3.17 bits per heavy atom. The van der Waals surface area contributed by atoms with E-state index in [0.29, 0.717) is 5.82 Å². The van der Waals surface area contributed by atoms with Gasteiger partial charge in [-0.25, -0.2) is 4.98 Å². The van der Waals surface area contributed by atoms with E-state index in [2.05, 4.69) is 16.6 Å². The van der Waals surface area contributed by atoms with Crippen LogP contribution < -0.4 is 11.1 Å². The maximum Gasteiger partial charge on any atom is 0.125 e. The molecule has 0 saturated heterocycles. The summed E-state index contributed by atoms with van der Waals surface area (Å²) in [6.07, 6.45) is 3.79. The normalized spacial score (nSPS) is 9.75. The topological polar surface area (TPSA) is 50.9 Å². The van der Waals surface area contributed by atoms with Crippen molar-refractivity contribution >= 4 is 23.3 Å². The first kappa shape index (κ1) is 9.19. The quantitative estimate of drug-likeness (QED) is 0.693. The maximum atomic E-state index is 5.51. The van der Waals surface area contributed by atoms with Crippen LogP contribution in [0.5, 0.6) is 0 Å². The van der Waals surface area contributed by atoms with Crippen LogP contribution in [0.1, 0.15) is 0 Å². The van der Waals surface area contributed by atoms with Crippen molar-refractivity contribution in [1.82, 2.24) is 4.98 Å². The molecule has 0 fully saturated rings. The molecule has 0 aliphatic heterocycles. The van der Waals surface area contributed by atoms with Gasteiger partial charge >= 0.3 is 0 Å². The van der Waals surface area contributed by atoms with Crippen molar-refractivity contribution in [1.29, 1.82) is 0 Å². The molecule has 3 N–H and O–H groups in total. The van der Waals surface area contributed by atoms with Crippen LogP contribution in [0, 0.1) is 0 Å². The number of pyridine rings is 1. The van der Waals surface area contributed by atoms with Crippen LogP contribution in [0.2, 0.25) is 0 Å². The fourth-order valence-electron chi connectivity index (χ4n) is 0.856. The summed E-state index contributed by atoms with van der Waals surface area (Å²) in [5.74, 6) is 1.66. The molecule has 0 amide bonds. The molecule has 1 aromatic rings. The smallest absolute Gasteiger partial charge is 0.125 e. The second-order valence-electron chi connectivity index (χ2n) is 2.39. The zero-order valence-electron chi connectivity index (χ0n) is 7.08. The van der Waals surface area contributed by atoms with Gasteiger partial charge < -0.3 is 11.1 Å². The van der Waals surface area contributed by atoms with Gasteiger partial charge in [0.15, 0.2) is 0 Å². The van der Waals surface area contributed by atoms with Crippen molar-refractivity contribution in [2.75, 3.05) is 29.6 Å². The summed E-state index contributed by atoms with van der Waals surface area (Å²) >= 11 is 1.82. The second kappa shape index (κ2) is 4.87. The Hall–Kier alpha value is -0.900. The third-order valence-electron chi connectivity index (χ3n) is 1.42. The summed E-state index contributed by atoms with van der Waals surface area (Å²) in [6.45, 7) is 0.963. The molecule has 0 atom stereocenters. The van der Waals surface area contributed by atoms with Crippen LogP contribution in [-0.4, -0.2) is 23.5 Å². The molecule has 1 rings (SSSR count). The van der Waals surface area contributed by atoms with Crippen molar-refractivity contribution in [3.63, 3.8) is 0 Å². The molecule has 0 aliphatic rings. The molecule has 0 aromatic carbocycles. The van der Waals surface area contributed by atoms with E-state index < -0.39 is 0 Å². The van der Waals surface area contributed by atoms with Crippen molar-refractivity contribution in [3.05, 3.63) is 18.3 Å². The summed E-state index contributed by atoms with van der Waals surface area (Å²) in [5.41, 5.74) is 6.54. The average molecular weight is 183 g/mol. The van der Waals surface area contributed by atoms with Gasteiger partial charge in [-0.15, -0.1) is 0 Å². The highest BCUT2D eigenvalue weighted by Gasteiger charge is 1.91. The molecule has 0 saturated carbocycles. The van der Waals surface area contributed by atoms with Crippen molar-refractivity contribution in [2.24, 2.45) is 0 Å². The molecule has 12 heavy (non-hydrogen) atoms. The van der Waals surface area contributed by atoms with Gasteiger partial charge in [0.2, 0.25) is 0 Å². The van der Waals surface area contributed by atoms with Gasteiger partial charge in [0.25, 0.3) is 0 Å². The number of rotatable bonds is 4. The highest BCUT2D eigenvalue weighted by Crippen LogP contribution is 2.08. The van der Waals surface area contributed by atoms with Gasteiger partial charge in [-0.05, 0) is 12.3 Å². The van der Waals surface area contributed by atoms with Gasteiger partial charge in [-0.2, -0.15) is 11.8 Å². The first-order valence-electron chi connectivity index (χ1n) is 3.77. The lowest BCUT2D eigenvalue weighted by Gasteiger charge is -2.04. The lowest BCUT2D eigenvalue weighted by Crippen LogP contribution is -2.04. The van der Waals surface area contributed by atoms with E-state index in [1.165, 1.54) is 0 Å². The predicted octanol–water partition coefficient (Wildman–Crippen LogP) is 1.44. The number of aromatic nitrogens is 1. The van der Waals surface area contributed by atoms with Crippen molar-refractivity contribution in [3.8, 4) is 0 Å². The van der Waals surface area contributed by atoms with Crippen LogP contribution >= 0.6 is 11.8 Å². The van der Waals surface area contributed by atoms with E-state index in [1.54, 1.807) is 6.20 Å². The molecule has 1 heterocycles. The van der Waals surface area contributed by atoms with Gasteiger partial charge in [-0.3, -0.25) is 0 Å². The first-order chi connectivity index (χ1) is 5.83. The molecule has 0 aliphatic carbocycles. The molecular formula is C8H13N3S. The molecule has 66 valence electrons. The number of nitrogens with one attached hydrogen (secondary N) is 1. The Bertz CT molecular complexity index is 239. The van der Waals surface area contributed by atoms with Gasteiger partial charge in [-0.1, -0.05) is 0 Å². The van der Waals surface area contributed by atoms with Gasteiger partial charge in [0.05, 0.1) is 0 Å². The van der Waals surface area contributed by atoms with E-state index in [9.17, 15) is 0 Å². The molecule has 0 spiro atoms. The van der Waals surface area contributed by atoms with Crippen LogP contribution in [0.15, 0.2) is 18.3 Å². The highest BCUT2D eigenvalue weighted by molar-refractivity contribution is 7.98. The van der Waals surface area contributed by atoms with Crippen molar-refractivity contribution < 1.29 is 0 Å². The van der Waals surface area contributed by atoms with Crippen LogP contribution in [0.25, 0.3) is 0 Å². The fourth-order valence-corrected chi connectivity index (χ4v) is 1.16. The molecule has 3 nitrogen and oxygen atoms in total. The lowest BCUT2D eigenvalue weighted by molar-refractivity contribution is 1.22. The minimum Gasteiger partial charge on any atom is -0.384 e. The summed E-state index contributed by atoms with van der Waals surface area (Å²) in [4.78, 5) is 3.90. The number of thioether (sulfide) groups is 1. The van der Waals surface area contributed by atoms with Crippen molar-refractivity contribution in [2.45, 2.75) is 0 Å². The fraction of sp³-hybridized carbons (Fsp3) is 0.375. The van der Waals surface area contributed by atoms with Gasteiger partial charge in [0.1, 0.15) is 5.82 Å². The molecule has 4 heteroatoms. The van der Waals surface area contributed by atoms with Crippen LogP contribution in [0.4, 0.5) is 11.5 Å². The highest BCUT2D eigenvalue weighted by atomic mass is 32.2. The second-order valence-corrected chi connectivity index (χ2v) is 3.37. The summed E-state index contributed by atoms with van der Waals surface area (Å²) in [7, 11) is 0. The monoisotopic (exact) mass is 183 g/mol. The third kappa shape index (κ3) is 3.00. The van der Waals surface area contributed by atoms with Gasteiger partial charge in [0, 0.05) is 30.2 Å². The van der Waals surface area contributed by atoms with E-state index >= 15 is 0 Å². The zero-order valence-corrected chi connectivity index (χ0v) is 7.90. The number of hydrogen-bond acceptors (Lipinski definition) is 4. The Kier molecular flexibility index (Phi) is 3.73. The first-order valence-corrected chi connectivity index (χ1v) is 5.16. The predicted molar refractivity (Wildman–Crippen MR) is 55.5 cm³/mol. The zero-order chi connectivity index (χ0) is 8.81. The Morgan fingerprint density at radius 1 is 1.67 bits per heavy atom. The largest absolute Gasteiger partial charge is 0.384 e. The summed E-state index contributed by atoms with van der Waals surface area (Å²) in [5, 5.41) is 3.25. The SMILES string of the molecule is CSCCNc1ccnc(N)c1. The minimum absolute atomic E-state index is 0.559. The average Bonchev–Trinajstić information content (AvgIpc) is 2.05. The Labute approximate surface area is 76.8 Å². The number of hydrogen-bond donors (Lipinski definition) is 2. The van der Waals surface area contributed by atoms with Crippen LogP contribution in [-0.2, 0) is 0 Å². The minimum atomic E-state index is 0.559. The standard InChI is InChI=1S/C8H13N3S/c1-12-5-4-10-7-2-3-11-8(9)6-7/h2-3,6H,4-5H2,1H3,(H3,9,10,11). The lowest BCUT2D eigenvalue weighted by atomic mass is 10.4.